The Morgan fingerprint density at radius 3 is 2.05 bits per heavy atom. The fourth-order valence-corrected chi connectivity index (χ4v) is 7.05. The molecule has 8 nitrogen and oxygen atoms in total. The monoisotopic (exact) mass is 563 g/mol. The molecule has 200 valence electrons. The number of nitroso groups, excluding NO2 is 1. The Labute approximate surface area is 235 Å². The fraction of sp³-hybridized carbons (Fsp3) is 0.276. The minimum absolute atomic E-state index is 0.0399. The Balaban J connectivity index is 1.39. The van der Waals surface area contributed by atoms with Gasteiger partial charge in [0.1, 0.15) is 11.4 Å². The van der Waals surface area contributed by atoms with E-state index < -0.39 is 46.1 Å². The molecule has 39 heavy (non-hydrogen) atoms. The molecule has 2 aliphatic rings. The molecule has 0 bridgehead atoms. The van der Waals surface area contributed by atoms with E-state index in [4.69, 9.17) is 16.3 Å². The van der Waals surface area contributed by atoms with Crippen molar-refractivity contribution in [1.29, 1.82) is 0 Å². The van der Waals surface area contributed by atoms with Crippen LogP contribution < -0.4 is 0 Å². The summed E-state index contributed by atoms with van der Waals surface area (Å²) >= 11 is 7.64. The molecule has 0 aromatic heterocycles. The van der Waals surface area contributed by atoms with E-state index in [0.717, 1.165) is 11.1 Å². The number of carbonyl (C=O) groups excluding carboxylic acids is 3. The second-order valence-electron chi connectivity index (χ2n) is 9.67. The van der Waals surface area contributed by atoms with Crippen molar-refractivity contribution in [1.82, 2.24) is 9.91 Å². The van der Waals surface area contributed by atoms with Crippen LogP contribution in [0.2, 0.25) is 0 Å². The van der Waals surface area contributed by atoms with Gasteiger partial charge in [0.05, 0.1) is 16.5 Å². The maximum atomic E-state index is 13.8. The van der Waals surface area contributed by atoms with Crippen LogP contribution in [0.4, 0.5) is 0 Å². The van der Waals surface area contributed by atoms with E-state index >= 15 is 0 Å². The molecule has 0 aliphatic carbocycles. The van der Waals surface area contributed by atoms with Crippen LogP contribution in [0.15, 0.2) is 96.3 Å². The molecule has 0 radical (unpaired) electrons. The van der Waals surface area contributed by atoms with Gasteiger partial charge >= 0.3 is 5.97 Å². The first-order chi connectivity index (χ1) is 18.9. The molecule has 2 fully saturated rings. The van der Waals surface area contributed by atoms with E-state index in [1.54, 1.807) is 31.2 Å². The van der Waals surface area contributed by atoms with E-state index in [2.05, 4.69) is 5.29 Å². The van der Waals surface area contributed by atoms with Gasteiger partial charge in [-0.25, -0.2) is 4.79 Å². The van der Waals surface area contributed by atoms with Gasteiger partial charge in [0.25, 0.3) is 11.8 Å². The van der Waals surface area contributed by atoms with Crippen molar-refractivity contribution in [3.8, 4) is 0 Å². The average Bonchev–Trinajstić information content (AvgIpc) is 3.25. The summed E-state index contributed by atoms with van der Waals surface area (Å²) in [4.78, 5) is 53.3. The number of nitrogens with zero attached hydrogens (tertiary/aromatic N) is 3. The summed E-state index contributed by atoms with van der Waals surface area (Å²) in [5.74, 6) is -1.71. The molecule has 0 spiro atoms. The molecule has 10 heteroatoms. The molecule has 2 heterocycles. The lowest BCUT2D eigenvalue weighted by atomic mass is 9.94. The van der Waals surface area contributed by atoms with Crippen molar-refractivity contribution in [3.63, 3.8) is 0 Å². The molecule has 1 unspecified atom stereocenters. The van der Waals surface area contributed by atoms with Gasteiger partial charge in [0.2, 0.25) is 0 Å². The Bertz CT molecular complexity index is 1320. The number of hydrogen-bond donors (Lipinski definition) is 0. The predicted molar refractivity (Wildman–Crippen MR) is 149 cm³/mol. The van der Waals surface area contributed by atoms with Gasteiger partial charge in [0.15, 0.2) is 12.1 Å². The second kappa shape index (κ2) is 11.2. The Morgan fingerprint density at radius 1 is 1.00 bits per heavy atom. The highest BCUT2D eigenvalue weighted by atomic mass is 35.5. The van der Waals surface area contributed by atoms with Gasteiger partial charge in [-0.15, -0.1) is 28.3 Å². The first-order valence-corrected chi connectivity index (χ1v) is 13.8. The van der Waals surface area contributed by atoms with E-state index in [0.29, 0.717) is 10.6 Å². The van der Waals surface area contributed by atoms with Crippen LogP contribution in [-0.2, 0) is 25.5 Å². The summed E-state index contributed by atoms with van der Waals surface area (Å²) in [6, 6.07) is 25.4. The first-order valence-electron chi connectivity index (χ1n) is 12.4. The number of carbonyl (C=O) groups is 3. The lowest BCUT2D eigenvalue weighted by Crippen LogP contribution is -2.70. The number of amides is 2. The minimum Gasteiger partial charge on any atom is -0.451 e. The molecular formula is C29H26ClN3O5S. The van der Waals surface area contributed by atoms with Crippen LogP contribution in [0.1, 0.15) is 29.7 Å². The first kappa shape index (κ1) is 26.9. The number of hydrogen-bond acceptors (Lipinski definition) is 7. The summed E-state index contributed by atoms with van der Waals surface area (Å²) in [6.45, 7) is 1.78. The number of thioether (sulfide) groups is 1. The highest BCUT2D eigenvalue weighted by molar-refractivity contribution is 8.01. The third-order valence-corrected chi connectivity index (χ3v) is 9.38. The van der Waals surface area contributed by atoms with Crippen LogP contribution in [0, 0.1) is 4.91 Å². The molecule has 3 aromatic rings. The van der Waals surface area contributed by atoms with Crippen LogP contribution in [0.5, 0.6) is 0 Å². The van der Waals surface area contributed by atoms with Crippen molar-refractivity contribution < 1.29 is 19.1 Å². The molecule has 2 aliphatic heterocycles. The van der Waals surface area contributed by atoms with E-state index in [-0.39, 0.29) is 12.3 Å². The smallest absolute Gasteiger partial charge is 0.331 e. The largest absolute Gasteiger partial charge is 0.451 e. The van der Waals surface area contributed by atoms with Crippen molar-refractivity contribution in [2.45, 2.75) is 41.7 Å². The minimum atomic E-state index is -1.12. The zero-order valence-electron chi connectivity index (χ0n) is 21.1. The number of ether oxygens (including phenoxy) is 1. The highest BCUT2D eigenvalue weighted by Gasteiger charge is 2.68. The van der Waals surface area contributed by atoms with E-state index in [9.17, 15) is 19.3 Å². The molecule has 5 rings (SSSR count). The molecule has 0 saturated carbocycles. The maximum Gasteiger partial charge on any atom is 0.331 e. The zero-order chi connectivity index (χ0) is 27.6. The second-order valence-corrected chi connectivity index (χ2v) is 11.6. The highest BCUT2D eigenvalue weighted by Crippen LogP contribution is 2.53. The van der Waals surface area contributed by atoms with Gasteiger partial charge in [0, 0.05) is 5.88 Å². The van der Waals surface area contributed by atoms with Crippen molar-refractivity contribution >= 4 is 41.1 Å². The fourth-order valence-electron chi connectivity index (χ4n) is 5.06. The quantitative estimate of drug-likeness (QED) is 0.123. The van der Waals surface area contributed by atoms with Gasteiger partial charge < -0.3 is 9.64 Å². The third-order valence-electron chi connectivity index (χ3n) is 7.03. The summed E-state index contributed by atoms with van der Waals surface area (Å²) in [5, 5.41) is 2.95. The molecule has 4 atom stereocenters. The van der Waals surface area contributed by atoms with Gasteiger partial charge in [-0.05, 0) is 23.6 Å². The van der Waals surface area contributed by atoms with Crippen molar-refractivity contribution in [3.05, 3.63) is 113 Å². The number of rotatable bonds is 9. The number of fused-ring (bicyclic) bond motifs is 1. The Kier molecular flexibility index (Phi) is 7.72. The van der Waals surface area contributed by atoms with Gasteiger partial charge in [-0.1, -0.05) is 91.0 Å². The van der Waals surface area contributed by atoms with Gasteiger partial charge in [-0.3, -0.25) is 9.59 Å². The van der Waals surface area contributed by atoms with Crippen LogP contribution in [0.3, 0.4) is 0 Å². The third kappa shape index (κ3) is 5.04. The number of halogens is 1. The molecule has 2 saturated heterocycles. The molecular weight excluding hydrogens is 538 g/mol. The standard InChI is InChI=1S/C29H26ClN3O5S/c1-29(18-30)25(28(36)38-24(20-13-7-3-8-14-20)21-15-9-4-10-16-21)32-26(35)23(27(32)39-29)33(31-37)22(34)17-19-11-5-2-6-12-19/h2-16,23-25,27H,17-18H2,1H3/t23?,25-,27-,29-/m0/s1. The number of benzene rings is 3. The normalized spacial score (nSPS) is 23.6. The summed E-state index contributed by atoms with van der Waals surface area (Å²) < 4.78 is 5.17. The number of alkyl halides is 1. The zero-order valence-corrected chi connectivity index (χ0v) is 22.6. The Morgan fingerprint density at radius 2 is 1.54 bits per heavy atom. The predicted octanol–water partition coefficient (Wildman–Crippen LogP) is 4.72. The average molecular weight is 564 g/mol. The topological polar surface area (TPSA) is 96.4 Å². The van der Waals surface area contributed by atoms with Crippen LogP contribution in [0.25, 0.3) is 0 Å². The van der Waals surface area contributed by atoms with Crippen molar-refractivity contribution in [2.75, 3.05) is 5.88 Å². The van der Waals surface area contributed by atoms with E-state index in [1.165, 1.54) is 16.7 Å². The molecule has 0 N–H and O–H groups in total. The van der Waals surface area contributed by atoms with Crippen LogP contribution >= 0.6 is 23.4 Å². The maximum absolute atomic E-state index is 13.8. The molecule has 3 aromatic carbocycles. The van der Waals surface area contributed by atoms with Gasteiger partial charge in [-0.2, -0.15) is 5.01 Å². The Hall–Kier alpha value is -3.69. The molecule has 2 amide bonds. The number of esters is 1. The SMILES string of the molecule is C[C@@]1(CCl)S[C@H]2C(N(N=O)C(=O)Cc3ccccc3)C(=O)N2[C@H]1C(=O)OC(c1ccccc1)c1ccccc1. The summed E-state index contributed by atoms with van der Waals surface area (Å²) in [7, 11) is 0. The van der Waals surface area contributed by atoms with Crippen molar-refractivity contribution in [2.24, 2.45) is 5.29 Å². The van der Waals surface area contributed by atoms with E-state index in [1.807, 2.05) is 66.7 Å². The lowest BCUT2D eigenvalue weighted by Gasteiger charge is -2.45. The summed E-state index contributed by atoms with van der Waals surface area (Å²) in [6.07, 6.45) is -0.779. The number of β-lactam (4-membered cyclic amide) rings is 1. The summed E-state index contributed by atoms with van der Waals surface area (Å²) in [5.41, 5.74) is 2.25. The lowest BCUT2D eigenvalue weighted by molar-refractivity contribution is -0.172. The van der Waals surface area contributed by atoms with Crippen LogP contribution in [-0.4, -0.2) is 55.8 Å².